The van der Waals surface area contributed by atoms with Crippen molar-refractivity contribution in [3.05, 3.63) is 0 Å². The average Bonchev–Trinajstić information content (AvgIpc) is 2.67. The van der Waals surface area contributed by atoms with Gasteiger partial charge in [-0.25, -0.2) is 4.79 Å². The van der Waals surface area contributed by atoms with Gasteiger partial charge in [-0.2, -0.15) is 0 Å². The van der Waals surface area contributed by atoms with Gasteiger partial charge in [-0.05, 0) is 0 Å². The molecule has 13 heteroatoms. The number of carboxylic acids is 1. The summed E-state index contributed by atoms with van der Waals surface area (Å²) in [6.07, 6.45) is -13.3. The predicted octanol–water partition coefficient (Wildman–Crippen LogP) is -3.85. The van der Waals surface area contributed by atoms with Crippen LogP contribution in [0.25, 0.3) is 0 Å². The van der Waals surface area contributed by atoms with Gasteiger partial charge in [-0.15, -0.1) is 0 Å². The summed E-state index contributed by atoms with van der Waals surface area (Å²) in [5.74, 6) is -1.98. The topological polar surface area (TPSA) is 193 Å². The number of carboxylic acid groups (broad SMARTS) is 1. The molecule has 1 amide bonds. The largest absolute Gasteiger partial charge is 0.479 e. The van der Waals surface area contributed by atoms with E-state index in [1.807, 2.05) is 0 Å². The quantitative estimate of drug-likeness (QED) is 0.233. The van der Waals surface area contributed by atoms with Gasteiger partial charge in [0.2, 0.25) is 5.91 Å². The monoisotopic (exact) mass is 425 g/mol. The Kier molecular flexibility index (Phi) is 8.28. The molecule has 13 nitrogen and oxygen atoms in total. The van der Waals surface area contributed by atoms with E-state index in [1.165, 1.54) is 14.0 Å². The van der Waals surface area contributed by atoms with Crippen molar-refractivity contribution in [2.75, 3.05) is 20.8 Å². The van der Waals surface area contributed by atoms with E-state index in [9.17, 15) is 35.1 Å². The maximum atomic E-state index is 11.6. The van der Waals surface area contributed by atoms with Gasteiger partial charge in [-0.1, -0.05) is 0 Å². The van der Waals surface area contributed by atoms with Gasteiger partial charge in [0.15, 0.2) is 18.7 Å². The summed E-state index contributed by atoms with van der Waals surface area (Å²) in [7, 11) is 2.41. The highest BCUT2D eigenvalue weighted by Crippen LogP contribution is 2.30. The van der Waals surface area contributed by atoms with Crippen LogP contribution in [0.3, 0.4) is 0 Å². The van der Waals surface area contributed by atoms with E-state index in [0.29, 0.717) is 0 Å². The van der Waals surface area contributed by atoms with Crippen LogP contribution in [0.4, 0.5) is 0 Å². The third kappa shape index (κ3) is 5.02. The fourth-order valence-electron chi connectivity index (χ4n) is 3.39. The molecule has 2 rings (SSSR count). The van der Waals surface area contributed by atoms with Crippen LogP contribution in [0, 0.1) is 0 Å². The summed E-state index contributed by atoms with van der Waals surface area (Å²) >= 11 is 0. The third-order valence-corrected chi connectivity index (χ3v) is 4.81. The van der Waals surface area contributed by atoms with Gasteiger partial charge in [0.25, 0.3) is 0 Å². The first-order valence-electron chi connectivity index (χ1n) is 8.83. The summed E-state index contributed by atoms with van der Waals surface area (Å²) in [5.41, 5.74) is 0. The second-order valence-corrected chi connectivity index (χ2v) is 6.72. The van der Waals surface area contributed by atoms with Crippen LogP contribution < -0.4 is 5.32 Å². The minimum Gasteiger partial charge on any atom is -0.479 e. The Morgan fingerprint density at radius 3 is 2.10 bits per heavy atom. The van der Waals surface area contributed by atoms with Crippen molar-refractivity contribution in [1.82, 2.24) is 5.32 Å². The van der Waals surface area contributed by atoms with Gasteiger partial charge in [0.1, 0.15) is 42.7 Å². The van der Waals surface area contributed by atoms with E-state index in [2.05, 4.69) is 5.32 Å². The number of carbonyl (C=O) groups is 2. The third-order valence-electron chi connectivity index (χ3n) is 4.81. The summed E-state index contributed by atoms with van der Waals surface area (Å²) < 4.78 is 26.3. The zero-order valence-electron chi connectivity index (χ0n) is 16.1. The predicted molar refractivity (Wildman–Crippen MR) is 90.3 cm³/mol. The molecule has 6 N–H and O–H groups in total. The van der Waals surface area contributed by atoms with Crippen LogP contribution in [0.5, 0.6) is 0 Å². The Labute approximate surface area is 166 Å². The number of aliphatic carboxylic acids is 1. The van der Waals surface area contributed by atoms with Crippen molar-refractivity contribution in [3.8, 4) is 0 Å². The molecule has 2 saturated heterocycles. The molecule has 0 spiro atoms. The number of methoxy groups -OCH3 is 2. The molecule has 0 bridgehead atoms. The number of ether oxygens (including phenoxy) is 5. The van der Waals surface area contributed by atoms with Crippen LogP contribution in [-0.2, 0) is 33.3 Å². The smallest absolute Gasteiger partial charge is 0.335 e. The van der Waals surface area contributed by atoms with Crippen molar-refractivity contribution in [1.29, 1.82) is 0 Å². The zero-order valence-corrected chi connectivity index (χ0v) is 16.1. The molecule has 0 aromatic carbocycles. The molecular weight excluding hydrogens is 398 g/mol. The fourth-order valence-corrected chi connectivity index (χ4v) is 3.39. The second kappa shape index (κ2) is 10.1. The molecule has 0 saturated carbocycles. The highest BCUT2D eigenvalue weighted by molar-refractivity contribution is 5.73. The molecule has 2 aliphatic heterocycles. The lowest BCUT2D eigenvalue weighted by atomic mass is 9.95. The van der Waals surface area contributed by atoms with Crippen molar-refractivity contribution in [2.45, 2.75) is 68.3 Å². The van der Waals surface area contributed by atoms with Gasteiger partial charge in [0, 0.05) is 21.1 Å². The lowest BCUT2D eigenvalue weighted by molar-refractivity contribution is -0.339. The Balaban J connectivity index is 2.30. The summed E-state index contributed by atoms with van der Waals surface area (Å²) in [6, 6.07) is -1.10. The zero-order chi connectivity index (χ0) is 21.9. The molecule has 0 aromatic rings. The lowest BCUT2D eigenvalue weighted by Gasteiger charge is -2.47. The first-order valence-corrected chi connectivity index (χ1v) is 8.83. The number of rotatable bonds is 7. The van der Waals surface area contributed by atoms with Gasteiger partial charge in [0.05, 0.1) is 6.61 Å². The number of hydrogen-bond donors (Lipinski definition) is 6. The maximum absolute atomic E-state index is 11.6. The molecule has 2 heterocycles. The summed E-state index contributed by atoms with van der Waals surface area (Å²) in [6.45, 7) is 0.585. The number of carbonyl (C=O) groups excluding carboxylic acids is 1. The van der Waals surface area contributed by atoms with E-state index in [4.69, 9.17) is 23.7 Å². The molecule has 2 aliphatic rings. The van der Waals surface area contributed by atoms with E-state index >= 15 is 0 Å². The van der Waals surface area contributed by atoms with Crippen LogP contribution in [0.15, 0.2) is 0 Å². The maximum Gasteiger partial charge on any atom is 0.335 e. The van der Waals surface area contributed by atoms with Crippen LogP contribution >= 0.6 is 0 Å². The van der Waals surface area contributed by atoms with Crippen molar-refractivity contribution < 1.29 is 58.8 Å². The van der Waals surface area contributed by atoms with Crippen LogP contribution in [0.1, 0.15) is 6.92 Å². The number of hydrogen-bond acceptors (Lipinski definition) is 11. The Bertz CT molecular complexity index is 576. The molecule has 29 heavy (non-hydrogen) atoms. The number of aliphatic hydroxyl groups is 4. The van der Waals surface area contributed by atoms with E-state index in [-0.39, 0.29) is 0 Å². The molecule has 10 atom stereocenters. The molecule has 168 valence electrons. The first-order chi connectivity index (χ1) is 13.7. The number of aliphatic hydroxyl groups excluding tert-OH is 4. The van der Waals surface area contributed by atoms with Crippen LogP contribution in [0.2, 0.25) is 0 Å². The van der Waals surface area contributed by atoms with Gasteiger partial charge in [-0.3, -0.25) is 4.79 Å². The molecular formula is C16H27NO12. The van der Waals surface area contributed by atoms with E-state index < -0.39 is 79.8 Å². The number of amides is 1. The molecule has 0 aromatic heterocycles. The SMILES string of the molecule is CO[C@@H]1O[C@H](CO)[C@@H](O)[C@H](OC2O[C@H](C(=O)O)[C@@H](OC)[C@H](O)[C@H]2O)[C@H]1NC(C)=O. The molecule has 2 fully saturated rings. The first kappa shape index (κ1) is 23.9. The van der Waals surface area contributed by atoms with Gasteiger partial charge < -0.3 is 54.5 Å². The molecule has 0 radical (unpaired) electrons. The Hall–Kier alpha value is -1.42. The fraction of sp³-hybridized carbons (Fsp3) is 0.875. The van der Waals surface area contributed by atoms with Crippen molar-refractivity contribution in [3.63, 3.8) is 0 Å². The molecule has 0 aliphatic carbocycles. The standard InChI is InChI=1S/C16H27NO12/c1-5(19)17-7-11(8(20)6(4-18)27-15(7)26-3)28-16-10(22)9(21)12(25-2)13(29-16)14(23)24/h6-13,15-16,18,20-22H,4H2,1-3H3,(H,17,19)(H,23,24)/t6-,7-,8-,9-,10-,11-,12+,13+,15-,16?/m1/s1. The summed E-state index contributed by atoms with van der Waals surface area (Å²) in [4.78, 5) is 23.0. The Morgan fingerprint density at radius 1 is 0.966 bits per heavy atom. The van der Waals surface area contributed by atoms with E-state index in [1.54, 1.807) is 0 Å². The lowest BCUT2D eigenvalue weighted by Crippen LogP contribution is -2.68. The minimum absolute atomic E-state index is 0.517. The highest BCUT2D eigenvalue weighted by atomic mass is 16.7. The summed E-state index contributed by atoms with van der Waals surface area (Å²) in [5, 5.41) is 52.3. The average molecular weight is 425 g/mol. The van der Waals surface area contributed by atoms with Crippen LogP contribution in [-0.4, -0.2) is 120 Å². The second-order valence-electron chi connectivity index (χ2n) is 6.72. The normalized spacial score (nSPS) is 43.0. The number of nitrogens with one attached hydrogen (secondary N) is 1. The van der Waals surface area contributed by atoms with Gasteiger partial charge >= 0.3 is 5.97 Å². The highest BCUT2D eigenvalue weighted by Gasteiger charge is 2.53. The minimum atomic E-state index is -1.74. The van der Waals surface area contributed by atoms with Crippen molar-refractivity contribution in [2.24, 2.45) is 0 Å². The van der Waals surface area contributed by atoms with E-state index in [0.717, 1.165) is 7.11 Å². The Morgan fingerprint density at radius 2 is 1.62 bits per heavy atom. The van der Waals surface area contributed by atoms with Crippen molar-refractivity contribution >= 4 is 11.9 Å². The molecule has 1 unspecified atom stereocenters.